The van der Waals surface area contributed by atoms with Crippen LogP contribution in [0.25, 0.3) is 5.57 Å². The van der Waals surface area contributed by atoms with Crippen molar-refractivity contribution in [2.75, 3.05) is 11.2 Å². The standard InChI is InChI=1S/C11H12ClNO/c1-8(7-12)10-4-3-5-11(6-10)13-9(2)14/h3-6H,1,7H2,2H3,(H,13,14). The molecule has 2 nitrogen and oxygen atoms in total. The molecule has 0 heterocycles. The molecule has 74 valence electrons. The van der Waals surface area contributed by atoms with Gasteiger partial charge in [0.05, 0.1) is 0 Å². The van der Waals surface area contributed by atoms with E-state index >= 15 is 0 Å². The van der Waals surface area contributed by atoms with Gasteiger partial charge in [0.1, 0.15) is 0 Å². The Hall–Kier alpha value is -1.28. The predicted octanol–water partition coefficient (Wildman–Crippen LogP) is 2.90. The molecule has 0 bridgehead atoms. The molecule has 0 aliphatic carbocycles. The van der Waals surface area contributed by atoms with Crippen molar-refractivity contribution in [1.29, 1.82) is 0 Å². The Morgan fingerprint density at radius 1 is 1.57 bits per heavy atom. The van der Waals surface area contributed by atoms with Crippen LogP contribution in [0.5, 0.6) is 0 Å². The fourth-order valence-electron chi connectivity index (χ4n) is 1.10. The molecule has 0 aliphatic heterocycles. The van der Waals surface area contributed by atoms with Gasteiger partial charge in [0, 0.05) is 18.5 Å². The molecule has 0 saturated carbocycles. The van der Waals surface area contributed by atoms with Crippen molar-refractivity contribution in [3.8, 4) is 0 Å². The topological polar surface area (TPSA) is 29.1 Å². The first kappa shape index (κ1) is 10.8. The summed E-state index contributed by atoms with van der Waals surface area (Å²) in [7, 11) is 0. The molecule has 1 amide bonds. The Morgan fingerprint density at radius 2 is 2.29 bits per heavy atom. The molecule has 1 aromatic carbocycles. The largest absolute Gasteiger partial charge is 0.326 e. The summed E-state index contributed by atoms with van der Waals surface area (Å²) in [6.07, 6.45) is 0. The number of carbonyl (C=O) groups is 1. The number of alkyl halides is 1. The van der Waals surface area contributed by atoms with E-state index in [1.807, 2.05) is 24.3 Å². The molecule has 1 rings (SSSR count). The number of halogens is 1. The van der Waals surface area contributed by atoms with Gasteiger partial charge in [-0.2, -0.15) is 0 Å². The van der Waals surface area contributed by atoms with Gasteiger partial charge < -0.3 is 5.32 Å². The normalized spacial score (nSPS) is 9.57. The van der Waals surface area contributed by atoms with Crippen LogP contribution in [0.1, 0.15) is 12.5 Å². The SMILES string of the molecule is C=C(CCl)c1cccc(NC(C)=O)c1. The number of rotatable bonds is 3. The lowest BCUT2D eigenvalue weighted by molar-refractivity contribution is -0.114. The first-order valence-corrected chi connectivity index (χ1v) is 4.78. The van der Waals surface area contributed by atoms with Gasteiger partial charge in [-0.3, -0.25) is 4.79 Å². The molecule has 14 heavy (non-hydrogen) atoms. The summed E-state index contributed by atoms with van der Waals surface area (Å²) < 4.78 is 0. The maximum Gasteiger partial charge on any atom is 0.221 e. The lowest BCUT2D eigenvalue weighted by Crippen LogP contribution is -2.05. The van der Waals surface area contributed by atoms with Crippen molar-refractivity contribution in [2.24, 2.45) is 0 Å². The minimum Gasteiger partial charge on any atom is -0.326 e. The molecular formula is C11H12ClNO. The quantitative estimate of drug-likeness (QED) is 0.763. The fourth-order valence-corrected chi connectivity index (χ4v) is 1.25. The van der Waals surface area contributed by atoms with Crippen molar-refractivity contribution >= 4 is 28.8 Å². The minimum atomic E-state index is -0.0846. The van der Waals surface area contributed by atoms with Gasteiger partial charge in [0.25, 0.3) is 0 Å². The van der Waals surface area contributed by atoms with Gasteiger partial charge in [0.15, 0.2) is 0 Å². The lowest BCUT2D eigenvalue weighted by Gasteiger charge is -2.05. The maximum absolute atomic E-state index is 10.8. The van der Waals surface area contributed by atoms with Gasteiger partial charge in [-0.15, -0.1) is 11.6 Å². The third-order valence-corrected chi connectivity index (χ3v) is 2.08. The molecule has 3 heteroatoms. The highest BCUT2D eigenvalue weighted by atomic mass is 35.5. The number of benzene rings is 1. The molecule has 0 aliphatic rings. The Kier molecular flexibility index (Phi) is 3.72. The van der Waals surface area contributed by atoms with Crippen LogP contribution in [0.3, 0.4) is 0 Å². The molecule has 0 spiro atoms. The number of anilines is 1. The summed E-state index contributed by atoms with van der Waals surface area (Å²) in [6, 6.07) is 7.45. The molecule has 1 N–H and O–H groups in total. The smallest absolute Gasteiger partial charge is 0.221 e. The van der Waals surface area contributed by atoms with Crippen molar-refractivity contribution in [1.82, 2.24) is 0 Å². The zero-order valence-electron chi connectivity index (χ0n) is 8.01. The summed E-state index contributed by atoms with van der Waals surface area (Å²) >= 11 is 5.66. The van der Waals surface area contributed by atoms with Gasteiger partial charge in [-0.1, -0.05) is 18.7 Å². The Morgan fingerprint density at radius 3 is 2.86 bits per heavy atom. The summed E-state index contributed by atoms with van der Waals surface area (Å²) in [5.74, 6) is 0.308. The van der Waals surface area contributed by atoms with Crippen LogP contribution in [-0.4, -0.2) is 11.8 Å². The summed E-state index contributed by atoms with van der Waals surface area (Å²) in [6.45, 7) is 5.29. The van der Waals surface area contributed by atoms with Crippen LogP contribution in [0.15, 0.2) is 30.8 Å². The highest BCUT2D eigenvalue weighted by Crippen LogP contribution is 2.18. The first-order valence-electron chi connectivity index (χ1n) is 4.25. The number of carbonyl (C=O) groups excluding carboxylic acids is 1. The molecule has 0 aromatic heterocycles. The van der Waals surface area contributed by atoms with Crippen LogP contribution in [0.4, 0.5) is 5.69 Å². The van der Waals surface area contributed by atoms with Crippen molar-refractivity contribution in [3.63, 3.8) is 0 Å². The number of hydrogen-bond acceptors (Lipinski definition) is 1. The Balaban J connectivity index is 2.89. The summed E-state index contributed by atoms with van der Waals surface area (Å²) in [5, 5.41) is 2.70. The van der Waals surface area contributed by atoms with Crippen LogP contribution < -0.4 is 5.32 Å². The predicted molar refractivity (Wildman–Crippen MR) is 60.5 cm³/mol. The second kappa shape index (κ2) is 4.82. The maximum atomic E-state index is 10.8. The fraction of sp³-hybridized carbons (Fsp3) is 0.182. The number of amides is 1. The van der Waals surface area contributed by atoms with Crippen LogP contribution in [0.2, 0.25) is 0 Å². The molecule has 0 unspecified atom stereocenters. The Bertz CT molecular complexity index is 360. The summed E-state index contributed by atoms with van der Waals surface area (Å²) in [4.78, 5) is 10.8. The zero-order valence-corrected chi connectivity index (χ0v) is 8.77. The van der Waals surface area contributed by atoms with E-state index in [0.29, 0.717) is 5.88 Å². The minimum absolute atomic E-state index is 0.0846. The second-order valence-electron chi connectivity index (χ2n) is 3.00. The summed E-state index contributed by atoms with van der Waals surface area (Å²) in [5.41, 5.74) is 2.56. The van der Waals surface area contributed by atoms with E-state index in [1.54, 1.807) is 0 Å². The zero-order chi connectivity index (χ0) is 10.6. The molecule has 0 saturated heterocycles. The molecular weight excluding hydrogens is 198 g/mol. The third kappa shape index (κ3) is 2.89. The average Bonchev–Trinajstić information content (AvgIpc) is 2.16. The molecule has 0 fully saturated rings. The van der Waals surface area contributed by atoms with Crippen molar-refractivity contribution in [2.45, 2.75) is 6.92 Å². The van der Waals surface area contributed by atoms with E-state index < -0.39 is 0 Å². The van der Waals surface area contributed by atoms with E-state index in [0.717, 1.165) is 16.8 Å². The van der Waals surface area contributed by atoms with Gasteiger partial charge in [0.2, 0.25) is 5.91 Å². The lowest BCUT2D eigenvalue weighted by atomic mass is 10.1. The second-order valence-corrected chi connectivity index (χ2v) is 3.27. The highest BCUT2D eigenvalue weighted by molar-refractivity contribution is 6.23. The number of hydrogen-bond donors (Lipinski definition) is 1. The van der Waals surface area contributed by atoms with E-state index in [2.05, 4.69) is 11.9 Å². The monoisotopic (exact) mass is 209 g/mol. The third-order valence-electron chi connectivity index (χ3n) is 1.75. The number of nitrogens with one attached hydrogen (secondary N) is 1. The van der Waals surface area contributed by atoms with Gasteiger partial charge in [-0.05, 0) is 23.3 Å². The van der Waals surface area contributed by atoms with E-state index in [4.69, 9.17) is 11.6 Å². The van der Waals surface area contributed by atoms with Crippen LogP contribution >= 0.6 is 11.6 Å². The van der Waals surface area contributed by atoms with Gasteiger partial charge >= 0.3 is 0 Å². The van der Waals surface area contributed by atoms with Crippen molar-refractivity contribution < 1.29 is 4.79 Å². The Labute approximate surface area is 88.6 Å². The van der Waals surface area contributed by atoms with Gasteiger partial charge in [-0.25, -0.2) is 0 Å². The molecule has 0 radical (unpaired) electrons. The van der Waals surface area contributed by atoms with Crippen molar-refractivity contribution in [3.05, 3.63) is 36.4 Å². The van der Waals surface area contributed by atoms with E-state index in [1.165, 1.54) is 6.92 Å². The van der Waals surface area contributed by atoms with E-state index in [9.17, 15) is 4.79 Å². The first-order chi connectivity index (χ1) is 6.63. The molecule has 0 atom stereocenters. The van der Waals surface area contributed by atoms with Crippen LogP contribution in [0, 0.1) is 0 Å². The highest BCUT2D eigenvalue weighted by Gasteiger charge is 1.99. The molecule has 1 aromatic rings. The van der Waals surface area contributed by atoms with Crippen LogP contribution in [-0.2, 0) is 4.79 Å². The average molecular weight is 210 g/mol. The number of allylic oxidation sites excluding steroid dienone is 1. The van der Waals surface area contributed by atoms with E-state index in [-0.39, 0.29) is 5.91 Å².